The van der Waals surface area contributed by atoms with Gasteiger partial charge in [0.25, 0.3) is 10.1 Å². The topological polar surface area (TPSA) is 459 Å². The molecule has 76 heavy (non-hydrogen) atoms. The Kier molecular flexibility index (Phi) is 16.1. The van der Waals surface area contributed by atoms with Gasteiger partial charge in [0, 0.05) is 0 Å². The molecule has 5 aliphatic heterocycles. The Morgan fingerprint density at radius 1 is 0.513 bits per heavy atom. The molecule has 4 saturated carbocycles. The molecule has 0 spiro atoms. The highest BCUT2D eigenvalue weighted by Gasteiger charge is 2.58. The minimum Gasteiger partial charge on any atom is -0.506 e. The monoisotopic (exact) mass is 1190 g/mol. The van der Waals surface area contributed by atoms with Crippen molar-refractivity contribution >= 4 is 66.1 Å². The number of hydrazine groups is 1. The van der Waals surface area contributed by atoms with Crippen molar-refractivity contribution in [3.05, 3.63) is 18.2 Å². The molecule has 35 heteroatoms. The SMILES string of the molecule is NS(=O)(=O)C1CCC2C3NC(NC4NC(NC5NC(NC6NC(N3)C3CC(S(=O)(=O)NCNNc7cc(S(=O)(=O)CCOS(=O)(=O)O)ccc7O)CCC63)C3CC(S(N)(=O)=O)CCC53)C3CC(S(=O)(=O)O)CCC43)C2C1. The number of anilines is 1. The summed E-state index contributed by atoms with van der Waals surface area (Å²) in [7, 11) is -25.3. The number of phenols is 1. The van der Waals surface area contributed by atoms with Crippen LogP contribution in [0.3, 0.4) is 0 Å². The summed E-state index contributed by atoms with van der Waals surface area (Å²) in [6.45, 7) is -1.27. The van der Waals surface area contributed by atoms with E-state index >= 15 is 0 Å². The number of sulfonamides is 3. The predicted molar refractivity (Wildman–Crippen MR) is 273 cm³/mol. The smallest absolute Gasteiger partial charge is 0.397 e. The maximum absolute atomic E-state index is 14.2. The van der Waals surface area contributed by atoms with Crippen molar-refractivity contribution in [3.63, 3.8) is 0 Å². The molecule has 9 fully saturated rings. The lowest BCUT2D eigenvalue weighted by Gasteiger charge is -2.38. The van der Waals surface area contributed by atoms with Crippen molar-refractivity contribution < 1.29 is 68.9 Å². The van der Waals surface area contributed by atoms with E-state index in [9.17, 15) is 60.2 Å². The van der Waals surface area contributed by atoms with Crippen molar-refractivity contribution in [1.82, 2.24) is 52.7 Å². The first-order chi connectivity index (χ1) is 35.5. The molecular formula is C41H71N13O16S6. The average Bonchev–Trinajstić information content (AvgIpc) is 4.09. The van der Waals surface area contributed by atoms with Crippen molar-refractivity contribution in [3.8, 4) is 5.75 Å². The molecule has 29 nitrogen and oxygen atoms in total. The van der Waals surface area contributed by atoms with Crippen molar-refractivity contribution in [1.29, 1.82) is 0 Å². The molecule has 1 aromatic carbocycles. The molecule has 0 aromatic heterocycles. The van der Waals surface area contributed by atoms with Gasteiger partial charge in [-0.1, -0.05) is 0 Å². The summed E-state index contributed by atoms with van der Waals surface area (Å²) >= 11 is 0. The first kappa shape index (κ1) is 57.2. The third-order valence-electron chi connectivity index (χ3n) is 18.2. The van der Waals surface area contributed by atoms with Gasteiger partial charge in [-0.05, 0) is 143 Å². The van der Waals surface area contributed by atoms with E-state index in [1.54, 1.807) is 0 Å². The molecule has 20 unspecified atom stereocenters. The number of benzene rings is 1. The maximum atomic E-state index is 14.2. The van der Waals surface area contributed by atoms with Crippen molar-refractivity contribution in [2.75, 3.05) is 24.5 Å². The first-order valence-corrected chi connectivity index (χ1v) is 35.0. The van der Waals surface area contributed by atoms with E-state index in [0.717, 1.165) is 18.2 Å². The summed E-state index contributed by atoms with van der Waals surface area (Å²) in [4.78, 5) is -0.330. The molecule has 8 bridgehead atoms. The predicted octanol–water partition coefficient (Wildman–Crippen LogP) is -4.22. The number of nitrogens with one attached hydrogen (secondary N) is 11. The Morgan fingerprint density at radius 3 is 1.28 bits per heavy atom. The normalized spacial score (nSPS) is 41.1. The second kappa shape index (κ2) is 21.3. The molecule has 18 N–H and O–H groups in total. The van der Waals surface area contributed by atoms with Gasteiger partial charge in [-0.3, -0.25) is 51.6 Å². The third kappa shape index (κ3) is 12.1. The van der Waals surface area contributed by atoms with Crippen LogP contribution in [0, 0.1) is 47.3 Å². The van der Waals surface area contributed by atoms with Gasteiger partial charge in [0.15, 0.2) is 9.84 Å². The summed E-state index contributed by atoms with van der Waals surface area (Å²) < 4.78 is 178. The highest BCUT2D eigenvalue weighted by molar-refractivity contribution is 7.91. The molecule has 0 radical (unpaired) electrons. The van der Waals surface area contributed by atoms with E-state index < -0.39 is 143 Å². The lowest BCUT2D eigenvalue weighted by Crippen LogP contribution is -2.61. The molecule has 9 aliphatic rings. The summed E-state index contributed by atoms with van der Waals surface area (Å²) in [6.07, 6.45) is 0.678. The van der Waals surface area contributed by atoms with E-state index in [4.69, 9.17) is 14.8 Å². The van der Waals surface area contributed by atoms with Gasteiger partial charge in [0.2, 0.25) is 30.1 Å². The van der Waals surface area contributed by atoms with Crippen LogP contribution >= 0.6 is 0 Å². The summed E-state index contributed by atoms with van der Waals surface area (Å²) in [5.74, 6) is -2.64. The van der Waals surface area contributed by atoms with Gasteiger partial charge in [0.1, 0.15) is 5.75 Å². The van der Waals surface area contributed by atoms with Crippen LogP contribution in [0.2, 0.25) is 0 Å². The number of nitrogens with two attached hydrogens (primary N) is 2. The van der Waals surface area contributed by atoms with E-state index in [2.05, 4.69) is 62.3 Å². The summed E-state index contributed by atoms with van der Waals surface area (Å²) in [5, 5.41) is 48.9. The number of aromatic hydroxyl groups is 1. The van der Waals surface area contributed by atoms with E-state index in [1.807, 2.05) is 0 Å². The molecule has 10 rings (SSSR count). The minimum absolute atomic E-state index is 0.0852. The minimum atomic E-state index is -4.89. The molecular weight excluding hydrogens is 1120 g/mol. The second-order valence-corrected chi connectivity index (χ2v) is 32.9. The molecule has 5 saturated heterocycles. The van der Waals surface area contributed by atoms with Gasteiger partial charge in [-0.2, -0.15) is 21.6 Å². The standard InChI is InChI=1S/C41H71N13O16S6/c42-72(58,59)20-1-6-24-28(13-20)39-46-34(24)50-40-30-15-22(74(62,63)45-18-44-54-32-17-19(5-10-33(32)55)71(56,57)12-11-70-76(67,68)69)3-8-26(30)36(51-40)48-38-29-14-21(73(43,60)61)2-7-25(29)35(47-38)52-41-31-16-23(75(64,65)66)4-9-27(31)37(49-39)53-41/h5,10,17,20-31,34-41,44-55H,1-4,6-9,11-16,18H2,(H2,42,58,59)(H2,43,60,61)(H,64,65,66)(H,67,68,69). The Morgan fingerprint density at radius 2 is 0.882 bits per heavy atom. The zero-order chi connectivity index (χ0) is 54.5. The van der Waals surface area contributed by atoms with Crippen LogP contribution in [-0.4, -0.2) is 154 Å². The average molecular weight is 1190 g/mol. The number of hydrogen-bond donors (Lipinski definition) is 16. The largest absolute Gasteiger partial charge is 0.506 e. The number of hydrogen-bond acceptors (Lipinski definition) is 24. The quantitative estimate of drug-likeness (QED) is 0.0276. The molecule has 1 aromatic rings. The Balaban J connectivity index is 0.896. The number of fused-ring (bicyclic) bond motifs is 20. The Bertz CT molecular complexity index is 3010. The fourth-order valence-corrected chi connectivity index (χ4v) is 20.3. The Labute approximate surface area is 443 Å². The van der Waals surface area contributed by atoms with Gasteiger partial charge in [-0.15, -0.1) is 0 Å². The number of rotatable bonds is 14. The zero-order valence-corrected chi connectivity index (χ0v) is 46.0. The molecule has 4 aliphatic carbocycles. The van der Waals surface area contributed by atoms with Crippen LogP contribution in [0.25, 0.3) is 0 Å². The zero-order valence-electron chi connectivity index (χ0n) is 41.1. The molecule has 0 amide bonds. The summed E-state index contributed by atoms with van der Waals surface area (Å²) in [5.41, 5.74) is 5.10. The van der Waals surface area contributed by atoms with Gasteiger partial charge < -0.3 is 10.5 Å². The van der Waals surface area contributed by atoms with Crippen molar-refractivity contribution in [2.45, 2.75) is 152 Å². The second-order valence-electron chi connectivity index (χ2n) is 22.3. The molecule has 5 heterocycles. The first-order valence-electron chi connectivity index (χ1n) is 25.8. The van der Waals surface area contributed by atoms with Gasteiger partial charge >= 0.3 is 10.4 Å². The number of sulfone groups is 1. The lowest BCUT2D eigenvalue weighted by atomic mass is 9.76. The van der Waals surface area contributed by atoms with Crippen molar-refractivity contribution in [2.24, 2.45) is 57.6 Å². The highest BCUT2D eigenvalue weighted by atomic mass is 32.3. The number of phenolic OH excluding ortho intramolecular Hbond substituents is 1. The highest BCUT2D eigenvalue weighted by Crippen LogP contribution is 2.48. The Hall–Kier alpha value is -2.08. The van der Waals surface area contributed by atoms with E-state index in [0.29, 0.717) is 38.5 Å². The third-order valence-corrected chi connectivity index (χ3v) is 26.2. The van der Waals surface area contributed by atoms with Crippen LogP contribution in [0.5, 0.6) is 5.75 Å². The lowest BCUT2D eigenvalue weighted by molar-refractivity contribution is 0.168. The maximum Gasteiger partial charge on any atom is 0.397 e. The fraction of sp³-hybridized carbons (Fsp3) is 0.854. The molecule has 432 valence electrons. The van der Waals surface area contributed by atoms with Crippen LogP contribution in [0.4, 0.5) is 5.69 Å². The number of primary sulfonamides is 2. The summed E-state index contributed by atoms with van der Waals surface area (Å²) in [6, 6.07) is 3.19. The van der Waals surface area contributed by atoms with E-state index in [-0.39, 0.29) is 109 Å². The van der Waals surface area contributed by atoms with Crippen LogP contribution in [-0.2, 0) is 64.6 Å². The van der Waals surface area contributed by atoms with Crippen LogP contribution in [0.15, 0.2) is 23.1 Å². The molecule has 20 atom stereocenters. The van der Waals surface area contributed by atoms with Crippen LogP contribution < -0.4 is 68.4 Å². The fourth-order valence-electron chi connectivity index (χ4n) is 14.6. The van der Waals surface area contributed by atoms with Gasteiger partial charge in [0.05, 0.1) is 99.9 Å². The van der Waals surface area contributed by atoms with Gasteiger partial charge in [-0.25, -0.2) is 53.6 Å². The van der Waals surface area contributed by atoms with Crippen LogP contribution in [0.1, 0.15) is 77.0 Å². The van der Waals surface area contributed by atoms with E-state index in [1.165, 1.54) is 0 Å².